The Bertz CT molecular complexity index is 530. The molecule has 0 aliphatic carbocycles. The third-order valence-electron chi connectivity index (χ3n) is 0.415. The van der Waals surface area contributed by atoms with Gasteiger partial charge in [-0.25, -0.2) is 0 Å². The third kappa shape index (κ3) is 7.47. The monoisotopic (exact) mass is 158 g/mol. The van der Waals surface area contributed by atoms with Gasteiger partial charge in [-0.1, -0.05) is 32.3 Å². The topological polar surface area (TPSA) is 40.1 Å². The Morgan fingerprint density at radius 1 is 1.50 bits per heavy atom. The highest BCUT2D eigenvalue weighted by atomic mass is 16.4. The molecule has 60 valence electrons. The lowest BCUT2D eigenvalue weighted by Gasteiger charge is -2.00. The van der Waals surface area contributed by atoms with Crippen molar-refractivity contribution in [2.45, 2.75) is 45.1 Å². The van der Waals surface area contributed by atoms with Gasteiger partial charge < -0.3 is 9.90 Å². The maximum atomic E-state index is 10.8. The van der Waals surface area contributed by atoms with E-state index in [4.69, 9.17) is 20.6 Å². The molecule has 2 heteroatoms. The van der Waals surface area contributed by atoms with Crippen LogP contribution in [0.5, 0.6) is 0 Å². The Balaban J connectivity index is 6.55. The minimum absolute atomic E-state index is 2.75. The van der Waals surface area contributed by atoms with E-state index in [-0.39, 0.29) is 0 Å². The van der Waals surface area contributed by atoms with E-state index in [0.29, 0.717) is 0 Å². The van der Waals surface area contributed by atoms with Gasteiger partial charge in [0.05, 0.1) is 0 Å². The number of hydrogen-bond acceptors (Lipinski definition) is 2. The summed E-state index contributed by atoms with van der Waals surface area (Å²) in [5.74, 6) is -2.75. The summed E-state index contributed by atoms with van der Waals surface area (Å²) in [7, 11) is 0. The summed E-state index contributed by atoms with van der Waals surface area (Å²) in [5, 5.41) is 10.8. The van der Waals surface area contributed by atoms with Crippen molar-refractivity contribution in [1.82, 2.24) is 0 Å². The van der Waals surface area contributed by atoms with Crippen molar-refractivity contribution in [1.29, 1.82) is 0 Å². The predicted molar refractivity (Wildman–Crippen MR) is 38.4 cm³/mol. The van der Waals surface area contributed by atoms with Crippen LogP contribution in [0.1, 0.15) is 65.7 Å². The van der Waals surface area contributed by atoms with Crippen LogP contribution in [0, 0.1) is 0 Å². The van der Waals surface area contributed by atoms with E-state index in [0.717, 1.165) is 0 Å². The van der Waals surface area contributed by atoms with Crippen LogP contribution in [0.2, 0.25) is 0 Å². The van der Waals surface area contributed by atoms with Crippen LogP contribution in [0.3, 0.4) is 0 Å². The van der Waals surface area contributed by atoms with Crippen molar-refractivity contribution in [3.05, 3.63) is 0 Å². The first-order valence-corrected chi connectivity index (χ1v) is 2.16. The van der Waals surface area contributed by atoms with Crippen LogP contribution in [-0.4, -0.2) is 5.97 Å². The standard InChI is InChI=1S/C8H16O2/c1-2-3-4-5-6-7-8(9)10/h2-7H2,1H3,(H,9,10)/p-1/i1D3,2D2,3D2,4D2,5D2,6D2,7D2. The Hall–Kier alpha value is -0.530. The van der Waals surface area contributed by atoms with Crippen molar-refractivity contribution in [2.24, 2.45) is 0 Å². The number of hydrogen-bond donors (Lipinski definition) is 0. The molecule has 0 atom stereocenters. The van der Waals surface area contributed by atoms with E-state index in [9.17, 15) is 9.90 Å². The predicted octanol–water partition coefficient (Wildman–Crippen LogP) is 1.10. The average Bonchev–Trinajstić information content (AvgIpc) is 2.35. The summed E-state index contributed by atoms with van der Waals surface area (Å²) in [4.78, 5) is 10.8. The highest BCUT2D eigenvalue weighted by Crippen LogP contribution is 2.03. The van der Waals surface area contributed by atoms with Gasteiger partial charge in [0.1, 0.15) is 0 Å². The fourth-order valence-electron chi connectivity index (χ4n) is 0.176. The van der Waals surface area contributed by atoms with E-state index in [1.54, 1.807) is 0 Å². The summed E-state index contributed by atoms with van der Waals surface area (Å²) in [6.45, 7) is -3.79. The lowest BCUT2D eigenvalue weighted by Crippen LogP contribution is -2.21. The van der Waals surface area contributed by atoms with Crippen molar-refractivity contribution in [2.75, 3.05) is 0 Å². The molecule has 0 amide bonds. The number of carbonyl (C=O) groups excluding carboxylic acids is 1. The third-order valence-corrected chi connectivity index (χ3v) is 0.415. The maximum Gasteiger partial charge on any atom is 0.0414 e. The molecular formula is C8H15O2-. The average molecular weight is 158 g/mol. The van der Waals surface area contributed by atoms with Gasteiger partial charge in [0.15, 0.2) is 0 Å². The Labute approximate surface area is 83.3 Å². The molecule has 0 aromatic heterocycles. The fourth-order valence-corrected chi connectivity index (χ4v) is 0.176. The SMILES string of the molecule is [2H]C([2H])([2H])C([2H])([2H])C([2H])([2H])C([2H])([2H])C([2H])([2H])C([2H])([2H])C([2H])([2H])C(=O)[O-]. The van der Waals surface area contributed by atoms with Gasteiger partial charge in [0, 0.05) is 26.5 Å². The molecule has 0 rings (SSSR count). The number of carbonyl (C=O) groups is 1. The quantitative estimate of drug-likeness (QED) is 0.580. The summed E-state index contributed by atoms with van der Waals surface area (Å²) in [6, 6.07) is 0. The molecule has 0 N–H and O–H groups in total. The number of aliphatic carboxylic acids is 1. The van der Waals surface area contributed by atoms with Gasteiger partial charge in [0.25, 0.3) is 0 Å². The van der Waals surface area contributed by atoms with Gasteiger partial charge in [0.2, 0.25) is 0 Å². The Kier molecular flexibility index (Phi) is 0.813. The van der Waals surface area contributed by atoms with Gasteiger partial charge in [-0.2, -0.15) is 0 Å². The molecule has 0 radical (unpaired) electrons. The molecule has 0 fully saturated rings. The van der Waals surface area contributed by atoms with E-state index in [1.165, 1.54) is 0 Å². The smallest absolute Gasteiger partial charge is 0.0414 e. The van der Waals surface area contributed by atoms with Crippen molar-refractivity contribution >= 4 is 5.97 Å². The van der Waals surface area contributed by atoms with Gasteiger partial charge >= 0.3 is 0 Å². The van der Waals surface area contributed by atoms with Crippen molar-refractivity contribution < 1.29 is 30.5 Å². The second-order valence-corrected chi connectivity index (χ2v) is 1.04. The molecule has 0 spiro atoms. The van der Waals surface area contributed by atoms with Crippen LogP contribution in [0.15, 0.2) is 0 Å². The number of carboxylic acid groups (broad SMARTS) is 1. The first-order valence-electron chi connectivity index (χ1n) is 9.66. The first-order chi connectivity index (χ1) is 10.4. The second-order valence-electron chi connectivity index (χ2n) is 1.04. The second kappa shape index (κ2) is 6.59. The molecule has 0 aromatic carbocycles. The Morgan fingerprint density at radius 2 is 2.20 bits per heavy atom. The highest BCUT2D eigenvalue weighted by molar-refractivity contribution is 5.63. The summed E-state index contributed by atoms with van der Waals surface area (Å²) >= 11 is 0. The van der Waals surface area contributed by atoms with Gasteiger partial charge in [-0.3, -0.25) is 0 Å². The van der Waals surface area contributed by atoms with E-state index < -0.39 is 51.1 Å². The zero-order chi connectivity index (χ0) is 21.1. The number of rotatable bonds is 6. The lowest BCUT2D eigenvalue weighted by molar-refractivity contribution is -0.305. The van der Waals surface area contributed by atoms with E-state index in [2.05, 4.69) is 0 Å². The normalized spacial score (nSPS) is 41.8. The zero-order valence-electron chi connectivity index (χ0n) is 19.8. The van der Waals surface area contributed by atoms with Crippen molar-refractivity contribution in [3.63, 3.8) is 0 Å². The lowest BCUT2D eigenvalue weighted by atomic mass is 10.1. The van der Waals surface area contributed by atoms with Crippen LogP contribution in [0.4, 0.5) is 0 Å². The van der Waals surface area contributed by atoms with Crippen LogP contribution in [-0.2, 0) is 4.79 Å². The van der Waals surface area contributed by atoms with Crippen LogP contribution in [0.25, 0.3) is 0 Å². The molecule has 0 aliphatic heterocycles. The molecule has 0 aromatic rings. The molecule has 10 heavy (non-hydrogen) atoms. The van der Waals surface area contributed by atoms with Crippen LogP contribution >= 0.6 is 0 Å². The van der Waals surface area contributed by atoms with Crippen LogP contribution < -0.4 is 5.11 Å². The molecule has 0 heterocycles. The molecule has 0 saturated carbocycles. The largest absolute Gasteiger partial charge is 0.550 e. The van der Waals surface area contributed by atoms with Gasteiger partial charge in [-0.15, -0.1) is 0 Å². The maximum absolute atomic E-state index is 10.8. The van der Waals surface area contributed by atoms with E-state index in [1.807, 2.05) is 0 Å². The zero-order valence-corrected chi connectivity index (χ0v) is 4.82. The molecule has 0 unspecified atom stereocenters. The summed E-state index contributed by atoms with van der Waals surface area (Å²) < 4.78 is 110. The first kappa shape index (κ1) is 1.23. The molecule has 0 aliphatic rings. The fraction of sp³-hybridized carbons (Fsp3) is 0.875. The minimum Gasteiger partial charge on any atom is -0.550 e. The summed E-state index contributed by atoms with van der Waals surface area (Å²) in [6.07, 6.45) is -25.3. The van der Waals surface area contributed by atoms with E-state index >= 15 is 0 Å². The molecule has 0 saturated heterocycles. The number of carboxylic acids is 1. The summed E-state index contributed by atoms with van der Waals surface area (Å²) in [5.41, 5.74) is 0. The molecule has 0 bridgehead atoms. The van der Waals surface area contributed by atoms with Crippen molar-refractivity contribution in [3.8, 4) is 0 Å². The Morgan fingerprint density at radius 3 is 2.80 bits per heavy atom. The van der Waals surface area contributed by atoms with Gasteiger partial charge in [-0.05, 0) is 12.7 Å². The molecule has 2 nitrogen and oxygen atoms in total. The highest BCUT2D eigenvalue weighted by Gasteiger charge is 1.88. The molecular weight excluding hydrogens is 128 g/mol. The minimum atomic E-state index is -4.33.